The fourth-order valence-electron chi connectivity index (χ4n) is 1.72. The number of benzene rings is 1. The molecule has 18 heavy (non-hydrogen) atoms. The maximum Gasteiger partial charge on any atom is 0.141 e. The van der Waals surface area contributed by atoms with Crippen LogP contribution < -0.4 is 5.32 Å². The Labute approximate surface area is 111 Å². The smallest absolute Gasteiger partial charge is 0.141 e. The number of hydrogen-bond acceptors (Lipinski definition) is 2. The maximum absolute atomic E-state index is 13.0. The molecule has 1 heterocycles. The second-order valence-electron chi connectivity index (χ2n) is 4.17. The Balaban J connectivity index is 1.98. The molecule has 0 bridgehead atoms. The zero-order chi connectivity index (χ0) is 13.0. The minimum absolute atomic E-state index is 0.145. The van der Waals surface area contributed by atoms with Gasteiger partial charge in [0.05, 0.1) is 6.20 Å². The molecule has 1 atom stereocenters. The van der Waals surface area contributed by atoms with Gasteiger partial charge in [0.15, 0.2) is 0 Å². The molecular weight excluding hydrogens is 251 g/mol. The Hall–Kier alpha value is -1.45. The van der Waals surface area contributed by atoms with Gasteiger partial charge in [0.2, 0.25) is 0 Å². The number of hydrogen-bond donors (Lipinski definition) is 1. The van der Waals surface area contributed by atoms with Gasteiger partial charge in [-0.3, -0.25) is 4.98 Å². The molecule has 4 heteroatoms. The molecular formula is C14H14ClFN2. The molecule has 0 amide bonds. The molecule has 0 spiro atoms. The first kappa shape index (κ1) is 13.0. The van der Waals surface area contributed by atoms with Crippen molar-refractivity contribution in [1.29, 1.82) is 0 Å². The van der Waals surface area contributed by atoms with Crippen LogP contribution in [0.25, 0.3) is 0 Å². The first-order valence-corrected chi connectivity index (χ1v) is 6.11. The third-order valence-corrected chi connectivity index (χ3v) is 2.96. The maximum atomic E-state index is 13.0. The lowest BCUT2D eigenvalue weighted by Crippen LogP contribution is -2.18. The number of pyridine rings is 1. The average molecular weight is 265 g/mol. The summed E-state index contributed by atoms with van der Waals surface area (Å²) in [5.74, 6) is -0.315. The summed E-state index contributed by atoms with van der Waals surface area (Å²) in [5, 5.41) is 4.02. The van der Waals surface area contributed by atoms with Gasteiger partial charge in [0.25, 0.3) is 0 Å². The van der Waals surface area contributed by atoms with Gasteiger partial charge in [0, 0.05) is 23.8 Å². The fraction of sp³-hybridized carbons (Fsp3) is 0.214. The molecule has 0 fully saturated rings. The van der Waals surface area contributed by atoms with Gasteiger partial charge in [-0.05, 0) is 36.2 Å². The summed E-state index contributed by atoms with van der Waals surface area (Å²) in [6.45, 7) is 2.61. The van der Waals surface area contributed by atoms with Crippen LogP contribution in [0.4, 0.5) is 4.39 Å². The average Bonchev–Trinajstić information content (AvgIpc) is 2.36. The van der Waals surface area contributed by atoms with Crippen LogP contribution in [0.2, 0.25) is 5.02 Å². The second kappa shape index (κ2) is 5.94. The number of rotatable bonds is 4. The van der Waals surface area contributed by atoms with E-state index in [0.29, 0.717) is 11.6 Å². The molecule has 0 radical (unpaired) electrons. The topological polar surface area (TPSA) is 24.9 Å². The molecule has 0 saturated carbocycles. The summed E-state index contributed by atoms with van der Waals surface area (Å²) in [5.41, 5.74) is 1.93. The van der Waals surface area contributed by atoms with Crippen LogP contribution in [0.3, 0.4) is 0 Å². The predicted molar refractivity (Wildman–Crippen MR) is 70.9 cm³/mol. The molecule has 0 aliphatic carbocycles. The van der Waals surface area contributed by atoms with E-state index in [1.165, 1.54) is 12.3 Å². The second-order valence-corrected chi connectivity index (χ2v) is 4.61. The summed E-state index contributed by atoms with van der Waals surface area (Å²) in [6, 6.07) is 9.31. The van der Waals surface area contributed by atoms with E-state index in [1.54, 1.807) is 6.20 Å². The van der Waals surface area contributed by atoms with Crippen molar-refractivity contribution >= 4 is 11.6 Å². The summed E-state index contributed by atoms with van der Waals surface area (Å²) < 4.78 is 13.0. The van der Waals surface area contributed by atoms with E-state index >= 15 is 0 Å². The Morgan fingerprint density at radius 2 is 2.17 bits per heavy atom. The molecule has 0 unspecified atom stereocenters. The van der Waals surface area contributed by atoms with E-state index in [-0.39, 0.29) is 11.9 Å². The van der Waals surface area contributed by atoms with Crippen LogP contribution in [-0.4, -0.2) is 4.98 Å². The van der Waals surface area contributed by atoms with Gasteiger partial charge in [-0.15, -0.1) is 0 Å². The van der Waals surface area contributed by atoms with E-state index in [1.807, 2.05) is 31.2 Å². The lowest BCUT2D eigenvalue weighted by Gasteiger charge is -2.14. The van der Waals surface area contributed by atoms with Crippen LogP contribution in [0, 0.1) is 5.82 Å². The van der Waals surface area contributed by atoms with Crippen molar-refractivity contribution in [3.8, 4) is 0 Å². The van der Waals surface area contributed by atoms with E-state index in [0.717, 1.165) is 11.1 Å². The summed E-state index contributed by atoms with van der Waals surface area (Å²) in [6.07, 6.45) is 2.85. The zero-order valence-electron chi connectivity index (χ0n) is 10.0. The summed E-state index contributed by atoms with van der Waals surface area (Å²) in [7, 11) is 0. The minimum atomic E-state index is -0.315. The molecule has 1 aromatic heterocycles. The predicted octanol–water partition coefficient (Wildman–Crippen LogP) is 3.72. The number of nitrogens with zero attached hydrogens (tertiary/aromatic N) is 1. The Morgan fingerprint density at radius 3 is 2.89 bits per heavy atom. The normalized spacial score (nSPS) is 12.4. The molecule has 0 aliphatic rings. The highest BCUT2D eigenvalue weighted by Crippen LogP contribution is 2.17. The van der Waals surface area contributed by atoms with E-state index in [4.69, 9.17) is 11.6 Å². The molecule has 2 aromatic rings. The highest BCUT2D eigenvalue weighted by molar-refractivity contribution is 6.30. The number of aromatic nitrogens is 1. The van der Waals surface area contributed by atoms with Crippen molar-refractivity contribution in [2.45, 2.75) is 19.5 Å². The highest BCUT2D eigenvalue weighted by Gasteiger charge is 2.05. The van der Waals surface area contributed by atoms with Gasteiger partial charge in [-0.2, -0.15) is 0 Å². The van der Waals surface area contributed by atoms with Crippen LogP contribution in [-0.2, 0) is 6.54 Å². The van der Waals surface area contributed by atoms with Gasteiger partial charge in [0.1, 0.15) is 5.82 Å². The molecule has 1 aromatic carbocycles. The number of halogens is 2. The summed E-state index contributed by atoms with van der Waals surface area (Å²) >= 11 is 5.94. The van der Waals surface area contributed by atoms with Gasteiger partial charge in [-0.1, -0.05) is 23.7 Å². The highest BCUT2D eigenvalue weighted by atomic mass is 35.5. The monoisotopic (exact) mass is 264 g/mol. The van der Waals surface area contributed by atoms with Crippen molar-refractivity contribution in [2.75, 3.05) is 0 Å². The summed E-state index contributed by atoms with van der Waals surface area (Å²) in [4.78, 5) is 3.81. The SMILES string of the molecule is C[C@@H](NCc1cncc(F)c1)c1cccc(Cl)c1. The zero-order valence-corrected chi connectivity index (χ0v) is 10.8. The lowest BCUT2D eigenvalue weighted by molar-refractivity contribution is 0.567. The Kier molecular flexibility index (Phi) is 4.28. The molecule has 0 aliphatic heterocycles. The largest absolute Gasteiger partial charge is 0.306 e. The Bertz CT molecular complexity index is 531. The van der Waals surface area contributed by atoms with Crippen LogP contribution in [0.15, 0.2) is 42.7 Å². The molecule has 0 saturated heterocycles. The first-order chi connectivity index (χ1) is 8.65. The van der Waals surface area contributed by atoms with E-state index in [2.05, 4.69) is 10.3 Å². The minimum Gasteiger partial charge on any atom is -0.306 e. The van der Waals surface area contributed by atoms with E-state index < -0.39 is 0 Å². The van der Waals surface area contributed by atoms with Crippen molar-refractivity contribution in [1.82, 2.24) is 10.3 Å². The van der Waals surface area contributed by atoms with Crippen molar-refractivity contribution in [2.24, 2.45) is 0 Å². The molecule has 94 valence electrons. The molecule has 2 rings (SSSR count). The van der Waals surface area contributed by atoms with Crippen molar-refractivity contribution in [3.05, 3.63) is 64.7 Å². The lowest BCUT2D eigenvalue weighted by atomic mass is 10.1. The van der Waals surface area contributed by atoms with Crippen molar-refractivity contribution < 1.29 is 4.39 Å². The van der Waals surface area contributed by atoms with Crippen LogP contribution in [0.1, 0.15) is 24.1 Å². The Morgan fingerprint density at radius 1 is 1.33 bits per heavy atom. The molecule has 1 N–H and O–H groups in total. The van der Waals surface area contributed by atoms with Gasteiger partial charge >= 0.3 is 0 Å². The van der Waals surface area contributed by atoms with Crippen molar-refractivity contribution in [3.63, 3.8) is 0 Å². The van der Waals surface area contributed by atoms with Crippen LogP contribution >= 0.6 is 11.6 Å². The standard InChI is InChI=1S/C14H14ClFN2/c1-10(12-3-2-4-13(15)6-12)18-8-11-5-14(16)9-17-7-11/h2-7,9-10,18H,8H2,1H3/t10-/m1/s1. The van der Waals surface area contributed by atoms with Gasteiger partial charge in [-0.25, -0.2) is 4.39 Å². The fourth-order valence-corrected chi connectivity index (χ4v) is 1.92. The number of nitrogens with one attached hydrogen (secondary N) is 1. The third kappa shape index (κ3) is 3.52. The first-order valence-electron chi connectivity index (χ1n) is 5.73. The van der Waals surface area contributed by atoms with Crippen LogP contribution in [0.5, 0.6) is 0 Å². The molecule has 2 nitrogen and oxygen atoms in total. The quantitative estimate of drug-likeness (QED) is 0.910. The van der Waals surface area contributed by atoms with Gasteiger partial charge < -0.3 is 5.32 Å². The van der Waals surface area contributed by atoms with E-state index in [9.17, 15) is 4.39 Å². The third-order valence-electron chi connectivity index (χ3n) is 2.72.